The molecule has 4 heteroatoms. The van der Waals surface area contributed by atoms with Crippen molar-refractivity contribution in [1.82, 2.24) is 0 Å². The molecule has 1 saturated carbocycles. The van der Waals surface area contributed by atoms with Crippen LogP contribution in [0.3, 0.4) is 0 Å². The maximum absolute atomic E-state index is 10.7. The Morgan fingerprint density at radius 3 is 2.11 bits per heavy atom. The van der Waals surface area contributed by atoms with Gasteiger partial charge in [-0.3, -0.25) is 0 Å². The first kappa shape index (κ1) is 22.5. The van der Waals surface area contributed by atoms with Crippen molar-refractivity contribution < 1.29 is 14.3 Å². The Labute approximate surface area is 174 Å². The van der Waals surface area contributed by atoms with E-state index in [1.54, 1.807) is 5.57 Å². The largest absolute Gasteiger partial charge is 0.416 e. The third-order valence-corrected chi connectivity index (χ3v) is 14.5. The fraction of sp³-hybridized carbons (Fsp3) is 0.917. The number of rotatable bonds is 7. The predicted molar refractivity (Wildman–Crippen MR) is 119 cm³/mol. The number of hydrogen-bond acceptors (Lipinski definition) is 3. The van der Waals surface area contributed by atoms with Gasteiger partial charge in [0.15, 0.2) is 8.32 Å². The van der Waals surface area contributed by atoms with E-state index < -0.39 is 13.9 Å². The Kier molecular flexibility index (Phi) is 6.04. The van der Waals surface area contributed by atoms with Crippen LogP contribution in [0, 0.1) is 17.3 Å². The average Bonchev–Trinajstić information content (AvgIpc) is 3.31. The van der Waals surface area contributed by atoms with Crippen LogP contribution in [0.5, 0.6) is 0 Å². The van der Waals surface area contributed by atoms with Gasteiger partial charge >= 0.3 is 0 Å². The molecule has 28 heavy (non-hydrogen) atoms. The summed E-state index contributed by atoms with van der Waals surface area (Å²) in [5, 5.41) is 10.7. The van der Waals surface area contributed by atoms with Gasteiger partial charge in [-0.1, -0.05) is 67.0 Å². The maximum atomic E-state index is 10.7. The molecule has 2 fully saturated rings. The Balaban J connectivity index is 1.86. The van der Waals surface area contributed by atoms with E-state index in [0.717, 1.165) is 25.9 Å². The van der Waals surface area contributed by atoms with E-state index in [9.17, 15) is 5.11 Å². The van der Waals surface area contributed by atoms with Gasteiger partial charge in [0.25, 0.3) is 0 Å². The van der Waals surface area contributed by atoms with Gasteiger partial charge in [0.2, 0.25) is 0 Å². The molecule has 0 aromatic rings. The summed E-state index contributed by atoms with van der Waals surface area (Å²) in [4.78, 5) is 0. The van der Waals surface area contributed by atoms with Gasteiger partial charge in [0, 0.05) is 12.0 Å². The second-order valence-electron chi connectivity index (χ2n) is 11.3. The van der Waals surface area contributed by atoms with Crippen LogP contribution in [0.4, 0.5) is 0 Å². The predicted octanol–water partition coefficient (Wildman–Crippen LogP) is 6.08. The molecule has 0 aromatic heterocycles. The lowest BCUT2D eigenvalue weighted by Gasteiger charge is -2.47. The van der Waals surface area contributed by atoms with Crippen molar-refractivity contribution in [1.29, 1.82) is 0 Å². The van der Waals surface area contributed by atoms with Crippen LogP contribution in [0.2, 0.25) is 16.6 Å². The molecule has 1 aliphatic heterocycles. The minimum absolute atomic E-state index is 0.00583. The van der Waals surface area contributed by atoms with Crippen LogP contribution in [0.15, 0.2) is 11.6 Å². The second kappa shape index (κ2) is 7.51. The quantitative estimate of drug-likeness (QED) is 0.315. The van der Waals surface area contributed by atoms with E-state index >= 15 is 0 Å². The summed E-state index contributed by atoms with van der Waals surface area (Å²) in [5.41, 5.74) is 2.80. The van der Waals surface area contributed by atoms with E-state index in [0.29, 0.717) is 28.5 Å². The molecule has 0 amide bonds. The zero-order chi connectivity index (χ0) is 21.1. The summed E-state index contributed by atoms with van der Waals surface area (Å²) in [6, 6.07) is 0. The van der Waals surface area contributed by atoms with Crippen LogP contribution in [-0.2, 0) is 9.16 Å². The van der Waals surface area contributed by atoms with Crippen molar-refractivity contribution in [2.75, 3.05) is 6.61 Å². The monoisotopic (exact) mass is 408 g/mol. The molecule has 2 aliphatic carbocycles. The van der Waals surface area contributed by atoms with Gasteiger partial charge in [-0.05, 0) is 54.6 Å². The summed E-state index contributed by atoms with van der Waals surface area (Å²) in [6.45, 7) is 21.6. The van der Waals surface area contributed by atoms with Gasteiger partial charge in [0.1, 0.15) is 6.10 Å². The smallest absolute Gasteiger partial charge is 0.200 e. The number of ether oxygens (including phenoxy) is 1. The standard InChI is InChI=1S/C24H44O3Si/c1-15(2)20-11-10-19(14-26-28(16(3)4,17(5)6)18(7)8)24(20)13-12-23(9,25)21-22(24)27-21/h11,15-19,21-22,25H,10,12-14H2,1-9H3/t19-,21+,22-,23+,24-/m1/s1. The molecule has 3 rings (SSSR count). The van der Waals surface area contributed by atoms with Gasteiger partial charge < -0.3 is 14.3 Å². The minimum Gasteiger partial charge on any atom is -0.416 e. The first-order chi connectivity index (χ1) is 12.9. The van der Waals surface area contributed by atoms with Crippen molar-refractivity contribution in [3.05, 3.63) is 11.6 Å². The molecule has 1 spiro atoms. The van der Waals surface area contributed by atoms with E-state index in [4.69, 9.17) is 9.16 Å². The third kappa shape index (κ3) is 3.27. The topological polar surface area (TPSA) is 42.0 Å². The lowest BCUT2D eigenvalue weighted by molar-refractivity contribution is -0.00888. The molecule has 3 nitrogen and oxygen atoms in total. The fourth-order valence-electron chi connectivity index (χ4n) is 7.11. The van der Waals surface area contributed by atoms with Gasteiger partial charge in [-0.2, -0.15) is 0 Å². The Bertz CT molecular complexity index is 585. The van der Waals surface area contributed by atoms with Crippen molar-refractivity contribution in [3.63, 3.8) is 0 Å². The number of allylic oxidation sites excluding steroid dienone is 1. The molecule has 1 heterocycles. The van der Waals surface area contributed by atoms with E-state index in [1.807, 2.05) is 6.92 Å². The van der Waals surface area contributed by atoms with Crippen molar-refractivity contribution in [2.45, 2.75) is 116 Å². The molecule has 3 aliphatic rings. The molecular weight excluding hydrogens is 364 g/mol. The van der Waals surface area contributed by atoms with Crippen LogP contribution >= 0.6 is 0 Å². The van der Waals surface area contributed by atoms with Crippen LogP contribution in [0.25, 0.3) is 0 Å². The highest BCUT2D eigenvalue weighted by Crippen LogP contribution is 2.64. The number of hydrogen-bond donors (Lipinski definition) is 1. The first-order valence-electron chi connectivity index (χ1n) is 11.6. The Morgan fingerprint density at radius 1 is 1.04 bits per heavy atom. The molecule has 0 aromatic carbocycles. The normalized spacial score (nSPS) is 38.1. The summed E-state index contributed by atoms with van der Waals surface area (Å²) < 4.78 is 13.2. The summed E-state index contributed by atoms with van der Waals surface area (Å²) in [6.07, 6.45) is 5.62. The molecule has 162 valence electrons. The SMILES string of the molecule is CC(C)C1=CC[C@H](CO[Si](C(C)C)(C(C)C)C(C)C)[C@]12CC[C@](C)(O)[C@H]1O[C@H]12. The Morgan fingerprint density at radius 2 is 1.61 bits per heavy atom. The van der Waals surface area contributed by atoms with Gasteiger partial charge in [-0.15, -0.1) is 0 Å². The Hall–Kier alpha value is -0.163. The summed E-state index contributed by atoms with van der Waals surface area (Å²) in [7, 11) is -1.87. The second-order valence-corrected chi connectivity index (χ2v) is 16.7. The van der Waals surface area contributed by atoms with Gasteiger partial charge in [0.05, 0.1) is 11.7 Å². The van der Waals surface area contributed by atoms with Crippen LogP contribution in [0.1, 0.15) is 81.6 Å². The highest BCUT2D eigenvalue weighted by Gasteiger charge is 2.69. The number of fused-ring (bicyclic) bond motifs is 2. The maximum Gasteiger partial charge on any atom is 0.200 e. The molecular formula is C24H44O3Si. The summed E-state index contributed by atoms with van der Waals surface area (Å²) in [5.74, 6) is 1.01. The third-order valence-electron chi connectivity index (χ3n) is 8.41. The molecule has 0 unspecified atom stereocenters. The molecule has 0 radical (unpaired) electrons. The number of aliphatic hydroxyl groups is 1. The molecule has 1 saturated heterocycles. The minimum atomic E-state index is -1.87. The van der Waals surface area contributed by atoms with E-state index in [-0.39, 0.29) is 17.6 Å². The van der Waals surface area contributed by atoms with Gasteiger partial charge in [-0.25, -0.2) is 0 Å². The lowest BCUT2D eigenvalue weighted by Crippen LogP contribution is -2.52. The van der Waals surface area contributed by atoms with E-state index in [2.05, 4.69) is 61.5 Å². The fourth-order valence-corrected chi connectivity index (χ4v) is 12.6. The van der Waals surface area contributed by atoms with Crippen molar-refractivity contribution in [2.24, 2.45) is 17.3 Å². The highest BCUT2D eigenvalue weighted by molar-refractivity contribution is 6.77. The molecule has 1 N–H and O–H groups in total. The molecule has 5 atom stereocenters. The van der Waals surface area contributed by atoms with Crippen molar-refractivity contribution >= 4 is 8.32 Å². The molecule has 0 bridgehead atoms. The number of epoxide rings is 1. The average molecular weight is 409 g/mol. The first-order valence-corrected chi connectivity index (χ1v) is 13.8. The lowest BCUT2D eigenvalue weighted by atomic mass is 9.60. The van der Waals surface area contributed by atoms with Crippen LogP contribution in [-0.4, -0.2) is 37.8 Å². The van der Waals surface area contributed by atoms with Crippen molar-refractivity contribution in [3.8, 4) is 0 Å². The summed E-state index contributed by atoms with van der Waals surface area (Å²) >= 11 is 0. The highest BCUT2D eigenvalue weighted by atomic mass is 28.4. The van der Waals surface area contributed by atoms with E-state index in [1.165, 1.54) is 0 Å². The van der Waals surface area contributed by atoms with Crippen LogP contribution < -0.4 is 0 Å². The zero-order valence-corrected chi connectivity index (χ0v) is 20.7. The zero-order valence-electron chi connectivity index (χ0n) is 19.7.